The second-order valence-corrected chi connectivity index (χ2v) is 3.98. The van der Waals surface area contributed by atoms with E-state index in [9.17, 15) is 4.79 Å². The van der Waals surface area contributed by atoms with E-state index >= 15 is 0 Å². The van der Waals surface area contributed by atoms with Gasteiger partial charge in [0.1, 0.15) is 0 Å². The number of hydrogen-bond donors (Lipinski definition) is 0. The Kier molecular flexibility index (Phi) is 7.10. The normalized spacial score (nSPS) is 8.60. The molecular weight excluding hydrogens is 288 g/mol. The molecule has 0 bridgehead atoms. The first kappa shape index (κ1) is 15.9. The first-order valence-corrected chi connectivity index (χ1v) is 6.11. The molecule has 0 N–H and O–H groups in total. The molecule has 0 saturated carbocycles. The second kappa shape index (κ2) is 8.90. The minimum Gasteiger partial charge on any atom is -0.748 e. The zero-order valence-electron chi connectivity index (χ0n) is 10.8. The van der Waals surface area contributed by atoms with Crippen LogP contribution in [0.25, 0.3) is 5.57 Å². The largest absolute Gasteiger partial charge is 0.748 e. The van der Waals surface area contributed by atoms with Gasteiger partial charge >= 0.3 is 0 Å². The van der Waals surface area contributed by atoms with Gasteiger partial charge in [0, 0.05) is 23.0 Å². The third-order valence-corrected chi connectivity index (χ3v) is 2.67. The van der Waals surface area contributed by atoms with Gasteiger partial charge in [-0.05, 0) is 5.57 Å². The standard InChI is InChI=1S/C13H9O.C5H5.Fe/c14-10-13(12-8-4-5-9-12)11-6-2-1-3-7-11;1-2-4-5-3-1;/h1-9H;1-5H;/q-1;-5;. The second-order valence-electron chi connectivity index (χ2n) is 3.98. The maximum atomic E-state index is 10.8. The molecule has 0 aliphatic heterocycles. The van der Waals surface area contributed by atoms with Crippen LogP contribution in [0.4, 0.5) is 0 Å². The molecular formula is C18H14FeO-6. The summed E-state index contributed by atoms with van der Waals surface area (Å²) in [5.74, 6) is 1.99. The van der Waals surface area contributed by atoms with Crippen molar-refractivity contribution >= 4 is 11.5 Å². The molecule has 1 nitrogen and oxygen atoms in total. The van der Waals surface area contributed by atoms with E-state index in [4.69, 9.17) is 0 Å². The zero-order chi connectivity index (χ0) is 13.3. The molecule has 0 radical (unpaired) electrons. The van der Waals surface area contributed by atoms with Crippen LogP contribution in [0, 0.1) is 0 Å². The van der Waals surface area contributed by atoms with Gasteiger partial charge in [0.2, 0.25) is 0 Å². The quantitative estimate of drug-likeness (QED) is 0.396. The van der Waals surface area contributed by atoms with Crippen molar-refractivity contribution in [1.82, 2.24) is 0 Å². The Hall–Kier alpha value is -2.11. The smallest absolute Gasteiger partial charge is 0.0302 e. The van der Waals surface area contributed by atoms with Crippen LogP contribution in [0.1, 0.15) is 11.1 Å². The number of rotatable bonds is 2. The van der Waals surface area contributed by atoms with Gasteiger partial charge in [-0.25, -0.2) is 0 Å². The Labute approximate surface area is 129 Å². The van der Waals surface area contributed by atoms with Crippen molar-refractivity contribution in [2.75, 3.05) is 0 Å². The van der Waals surface area contributed by atoms with Gasteiger partial charge < -0.3 is 30.3 Å². The Morgan fingerprint density at radius 3 is 1.80 bits per heavy atom. The molecule has 0 aliphatic carbocycles. The number of benzene rings is 1. The van der Waals surface area contributed by atoms with Crippen molar-refractivity contribution in [3.8, 4) is 0 Å². The topological polar surface area (TPSA) is 17.1 Å². The first-order chi connectivity index (χ1) is 9.42. The molecule has 3 rings (SSSR count). The SMILES string of the molecule is O=C=C(c1ccccc1)[c-]1cccc1.[Fe].[cH-]1[cH-][cH-][cH-][cH-]1. The van der Waals surface area contributed by atoms with Gasteiger partial charge in [0.15, 0.2) is 0 Å². The minimum atomic E-state index is 0. The summed E-state index contributed by atoms with van der Waals surface area (Å²) in [6.45, 7) is 0. The van der Waals surface area contributed by atoms with Gasteiger partial charge in [-0.3, -0.25) is 4.79 Å². The Bertz CT molecular complexity index is 598. The van der Waals surface area contributed by atoms with Crippen LogP contribution in [0.2, 0.25) is 0 Å². The molecule has 3 aromatic carbocycles. The maximum Gasteiger partial charge on any atom is 0.0302 e. The van der Waals surface area contributed by atoms with Gasteiger partial charge in [-0.1, -0.05) is 41.5 Å². The summed E-state index contributed by atoms with van der Waals surface area (Å²) in [4.78, 5) is 10.8. The van der Waals surface area contributed by atoms with Crippen LogP contribution in [0.15, 0.2) is 84.9 Å². The van der Waals surface area contributed by atoms with Crippen molar-refractivity contribution in [2.24, 2.45) is 0 Å². The molecule has 0 aliphatic rings. The van der Waals surface area contributed by atoms with E-state index in [0.717, 1.165) is 11.1 Å². The van der Waals surface area contributed by atoms with Crippen LogP contribution < -0.4 is 0 Å². The van der Waals surface area contributed by atoms with E-state index in [0.29, 0.717) is 5.57 Å². The molecule has 0 atom stereocenters. The molecule has 0 heterocycles. The van der Waals surface area contributed by atoms with Gasteiger partial charge in [-0.2, -0.15) is 12.1 Å². The fourth-order valence-electron chi connectivity index (χ4n) is 1.75. The molecule has 0 aromatic heterocycles. The van der Waals surface area contributed by atoms with Crippen LogP contribution in [-0.2, 0) is 21.9 Å². The maximum absolute atomic E-state index is 10.8. The molecule has 20 heavy (non-hydrogen) atoms. The Morgan fingerprint density at radius 1 is 0.850 bits per heavy atom. The van der Waals surface area contributed by atoms with E-state index in [-0.39, 0.29) is 17.1 Å². The molecule has 0 amide bonds. The van der Waals surface area contributed by atoms with Crippen molar-refractivity contribution in [3.63, 3.8) is 0 Å². The van der Waals surface area contributed by atoms with Crippen LogP contribution in [0.5, 0.6) is 0 Å². The first-order valence-electron chi connectivity index (χ1n) is 6.11. The van der Waals surface area contributed by atoms with Gasteiger partial charge in [-0.15, -0.1) is 12.1 Å². The molecule has 0 unspecified atom stereocenters. The third-order valence-electron chi connectivity index (χ3n) is 2.67. The molecule has 106 valence electrons. The molecule has 2 heteroatoms. The average molecular weight is 302 g/mol. The van der Waals surface area contributed by atoms with Crippen molar-refractivity contribution in [3.05, 3.63) is 96.1 Å². The Balaban J connectivity index is 0.000000283. The van der Waals surface area contributed by atoms with Crippen LogP contribution in [-0.4, -0.2) is 5.94 Å². The summed E-state index contributed by atoms with van der Waals surface area (Å²) in [7, 11) is 0. The number of hydrogen-bond acceptors (Lipinski definition) is 1. The summed E-state index contributed by atoms with van der Waals surface area (Å²) < 4.78 is 0. The molecule has 0 spiro atoms. The van der Waals surface area contributed by atoms with E-state index < -0.39 is 0 Å². The van der Waals surface area contributed by atoms with Gasteiger partial charge in [0.25, 0.3) is 0 Å². The summed E-state index contributed by atoms with van der Waals surface area (Å²) in [6, 6.07) is 27.2. The molecule has 0 saturated heterocycles. The van der Waals surface area contributed by atoms with Crippen molar-refractivity contribution < 1.29 is 21.9 Å². The fourth-order valence-corrected chi connectivity index (χ4v) is 1.75. The van der Waals surface area contributed by atoms with Gasteiger partial charge in [0.05, 0.1) is 0 Å². The summed E-state index contributed by atoms with van der Waals surface area (Å²) in [6.07, 6.45) is 0. The molecule has 3 aromatic rings. The van der Waals surface area contributed by atoms with E-state index in [2.05, 4.69) is 0 Å². The molecule has 0 fully saturated rings. The predicted octanol–water partition coefficient (Wildman–Crippen LogP) is 4.07. The summed E-state index contributed by atoms with van der Waals surface area (Å²) >= 11 is 0. The minimum absolute atomic E-state index is 0. The van der Waals surface area contributed by atoms with E-state index in [1.807, 2.05) is 90.9 Å². The van der Waals surface area contributed by atoms with Crippen LogP contribution in [0.3, 0.4) is 0 Å². The van der Waals surface area contributed by atoms with Crippen molar-refractivity contribution in [1.29, 1.82) is 0 Å². The average Bonchev–Trinajstić information content (AvgIpc) is 3.17. The fraction of sp³-hybridized carbons (Fsp3) is 0. The zero-order valence-corrected chi connectivity index (χ0v) is 11.9. The summed E-state index contributed by atoms with van der Waals surface area (Å²) in [5, 5.41) is 0. The van der Waals surface area contributed by atoms with Crippen molar-refractivity contribution in [2.45, 2.75) is 0 Å². The van der Waals surface area contributed by atoms with E-state index in [1.54, 1.807) is 0 Å². The monoisotopic (exact) mass is 302 g/mol. The summed E-state index contributed by atoms with van der Waals surface area (Å²) in [5.41, 5.74) is 2.45. The third kappa shape index (κ3) is 4.53. The Morgan fingerprint density at radius 2 is 1.35 bits per heavy atom. The van der Waals surface area contributed by atoms with Crippen LogP contribution >= 0.6 is 0 Å². The van der Waals surface area contributed by atoms with E-state index in [1.165, 1.54) is 0 Å². The number of carbonyl (C=O) groups excluding carboxylic acids is 1. The predicted molar refractivity (Wildman–Crippen MR) is 78.7 cm³/mol.